The lowest BCUT2D eigenvalue weighted by Gasteiger charge is -2.14. The molecule has 20 heavy (non-hydrogen) atoms. The Hall–Kier alpha value is -0.0800. The van der Waals surface area contributed by atoms with Gasteiger partial charge in [0.25, 0.3) is 0 Å². The highest BCUT2D eigenvalue weighted by atomic mass is 79.9. The van der Waals surface area contributed by atoms with E-state index in [2.05, 4.69) is 63.5 Å². The summed E-state index contributed by atoms with van der Waals surface area (Å²) in [5.41, 5.74) is 1.28. The van der Waals surface area contributed by atoms with Crippen LogP contribution in [0.3, 0.4) is 0 Å². The highest BCUT2D eigenvalue weighted by Crippen LogP contribution is 2.37. The van der Waals surface area contributed by atoms with E-state index >= 15 is 0 Å². The van der Waals surface area contributed by atoms with E-state index < -0.39 is 0 Å². The van der Waals surface area contributed by atoms with Crippen molar-refractivity contribution in [2.45, 2.75) is 33.5 Å². The van der Waals surface area contributed by atoms with E-state index in [1.807, 2.05) is 6.26 Å². The normalized spacial score (nSPS) is 12.6. The van der Waals surface area contributed by atoms with Crippen LogP contribution < -0.4 is 5.32 Å². The number of nitrogens with zero attached hydrogens (tertiary/aromatic N) is 2. The number of rotatable bonds is 6. The van der Waals surface area contributed by atoms with Gasteiger partial charge in [0, 0.05) is 15.4 Å². The first-order chi connectivity index (χ1) is 9.63. The van der Waals surface area contributed by atoms with E-state index in [9.17, 15) is 0 Å². The molecule has 2 aromatic rings. The molecule has 7 heteroatoms. The maximum absolute atomic E-state index is 4.19. The standard InChI is InChI=1S/C13H16BrN3S3/c1-4-15-8(2)9-5-6-11(10(14)7-9)19-13-17-16-12(18-3)20-13/h5-8,15H,4H2,1-3H3. The minimum absolute atomic E-state index is 0.361. The Bertz CT molecular complexity index is 574. The number of halogens is 1. The summed E-state index contributed by atoms with van der Waals surface area (Å²) in [7, 11) is 0. The maximum Gasteiger partial charge on any atom is 0.179 e. The Morgan fingerprint density at radius 3 is 2.70 bits per heavy atom. The summed E-state index contributed by atoms with van der Waals surface area (Å²) in [4.78, 5) is 1.17. The highest BCUT2D eigenvalue weighted by Gasteiger charge is 2.10. The van der Waals surface area contributed by atoms with Crippen molar-refractivity contribution in [2.24, 2.45) is 0 Å². The summed E-state index contributed by atoms with van der Waals surface area (Å²) in [6.45, 7) is 5.26. The second-order valence-corrected chi connectivity index (χ2v) is 8.28. The molecule has 1 atom stereocenters. The quantitative estimate of drug-likeness (QED) is 0.714. The first-order valence-corrected chi connectivity index (χ1v) is 9.87. The number of hydrogen-bond donors (Lipinski definition) is 1. The first kappa shape index (κ1) is 16.3. The molecule has 2 rings (SSSR count). The number of thioether (sulfide) groups is 1. The van der Waals surface area contributed by atoms with Crippen LogP contribution in [-0.2, 0) is 0 Å². The van der Waals surface area contributed by atoms with Crippen molar-refractivity contribution in [1.29, 1.82) is 0 Å². The zero-order valence-electron chi connectivity index (χ0n) is 11.5. The number of benzene rings is 1. The summed E-state index contributed by atoms with van der Waals surface area (Å²) in [5.74, 6) is 0. The van der Waals surface area contributed by atoms with Crippen molar-refractivity contribution in [3.63, 3.8) is 0 Å². The van der Waals surface area contributed by atoms with Gasteiger partial charge in [-0.1, -0.05) is 47.9 Å². The van der Waals surface area contributed by atoms with Crippen LogP contribution in [0.15, 0.2) is 36.2 Å². The van der Waals surface area contributed by atoms with Crippen LogP contribution in [0.1, 0.15) is 25.5 Å². The van der Waals surface area contributed by atoms with Crippen LogP contribution in [0.25, 0.3) is 0 Å². The Labute approximate surface area is 140 Å². The fourth-order valence-electron chi connectivity index (χ4n) is 1.71. The Kier molecular flexibility index (Phi) is 6.35. The monoisotopic (exact) mass is 389 g/mol. The average Bonchev–Trinajstić information content (AvgIpc) is 2.89. The van der Waals surface area contributed by atoms with Crippen molar-refractivity contribution in [3.8, 4) is 0 Å². The summed E-state index contributed by atoms with van der Waals surface area (Å²) < 4.78 is 3.08. The van der Waals surface area contributed by atoms with E-state index in [-0.39, 0.29) is 0 Å². The molecule has 1 N–H and O–H groups in total. The van der Waals surface area contributed by atoms with Crippen LogP contribution in [0, 0.1) is 0 Å². The molecule has 0 saturated heterocycles. The van der Waals surface area contributed by atoms with Crippen LogP contribution in [-0.4, -0.2) is 23.0 Å². The van der Waals surface area contributed by atoms with Crippen LogP contribution in [0.5, 0.6) is 0 Å². The SMILES string of the molecule is CCNC(C)c1ccc(Sc2nnc(SC)s2)c(Br)c1. The lowest BCUT2D eigenvalue weighted by atomic mass is 10.1. The van der Waals surface area contributed by atoms with Gasteiger partial charge in [0.1, 0.15) is 0 Å². The molecular formula is C13H16BrN3S3. The zero-order valence-corrected chi connectivity index (χ0v) is 15.5. The molecule has 0 radical (unpaired) electrons. The van der Waals surface area contributed by atoms with E-state index in [0.717, 1.165) is 19.7 Å². The van der Waals surface area contributed by atoms with Crippen molar-refractivity contribution in [2.75, 3.05) is 12.8 Å². The molecule has 1 aromatic heterocycles. The third-order valence-corrected chi connectivity index (χ3v) is 6.67. The van der Waals surface area contributed by atoms with Gasteiger partial charge in [-0.2, -0.15) is 0 Å². The minimum atomic E-state index is 0.361. The van der Waals surface area contributed by atoms with Gasteiger partial charge >= 0.3 is 0 Å². The van der Waals surface area contributed by atoms with Gasteiger partial charge in [0.15, 0.2) is 8.68 Å². The van der Waals surface area contributed by atoms with Crippen molar-refractivity contribution >= 4 is 50.8 Å². The summed E-state index contributed by atoms with van der Waals surface area (Å²) in [6, 6.07) is 6.83. The smallest absolute Gasteiger partial charge is 0.179 e. The molecule has 1 unspecified atom stereocenters. The predicted molar refractivity (Wildman–Crippen MR) is 92.0 cm³/mol. The second-order valence-electron chi connectivity index (χ2n) is 4.11. The number of hydrogen-bond acceptors (Lipinski definition) is 6. The average molecular weight is 390 g/mol. The van der Waals surface area contributed by atoms with Gasteiger partial charge in [-0.05, 0) is 53.4 Å². The number of nitrogens with one attached hydrogen (secondary N) is 1. The van der Waals surface area contributed by atoms with E-state index in [1.54, 1.807) is 34.9 Å². The van der Waals surface area contributed by atoms with Gasteiger partial charge < -0.3 is 5.32 Å². The predicted octanol–water partition coefficient (Wildman–Crippen LogP) is 4.84. The Balaban J connectivity index is 2.13. The second kappa shape index (κ2) is 7.79. The van der Waals surface area contributed by atoms with Crippen LogP contribution in [0.4, 0.5) is 0 Å². The van der Waals surface area contributed by atoms with E-state index in [0.29, 0.717) is 6.04 Å². The van der Waals surface area contributed by atoms with Gasteiger partial charge in [0.2, 0.25) is 0 Å². The third-order valence-electron chi connectivity index (χ3n) is 2.73. The topological polar surface area (TPSA) is 37.8 Å². The molecule has 0 aliphatic rings. The van der Waals surface area contributed by atoms with Crippen molar-refractivity contribution in [3.05, 3.63) is 28.2 Å². The molecule has 0 saturated carbocycles. The Morgan fingerprint density at radius 2 is 2.10 bits per heavy atom. The summed E-state index contributed by atoms with van der Waals surface area (Å²) in [5, 5.41) is 11.7. The van der Waals surface area contributed by atoms with Crippen molar-refractivity contribution in [1.82, 2.24) is 15.5 Å². The van der Waals surface area contributed by atoms with E-state index in [4.69, 9.17) is 0 Å². The van der Waals surface area contributed by atoms with Gasteiger partial charge in [-0.15, -0.1) is 10.2 Å². The molecule has 3 nitrogen and oxygen atoms in total. The van der Waals surface area contributed by atoms with Crippen LogP contribution >= 0.6 is 50.8 Å². The molecule has 1 aromatic carbocycles. The van der Waals surface area contributed by atoms with Crippen LogP contribution in [0.2, 0.25) is 0 Å². The summed E-state index contributed by atoms with van der Waals surface area (Å²) in [6.07, 6.45) is 2.02. The molecule has 108 valence electrons. The van der Waals surface area contributed by atoms with Crippen molar-refractivity contribution < 1.29 is 0 Å². The third kappa shape index (κ3) is 4.21. The highest BCUT2D eigenvalue weighted by molar-refractivity contribution is 9.10. The lowest BCUT2D eigenvalue weighted by molar-refractivity contribution is 0.597. The molecule has 0 bridgehead atoms. The largest absolute Gasteiger partial charge is 0.310 e. The van der Waals surface area contributed by atoms with Gasteiger partial charge in [-0.25, -0.2) is 0 Å². The summed E-state index contributed by atoms with van der Waals surface area (Å²) >= 11 is 8.55. The molecule has 0 spiro atoms. The maximum atomic E-state index is 4.19. The molecule has 0 aliphatic carbocycles. The minimum Gasteiger partial charge on any atom is -0.310 e. The molecule has 0 fully saturated rings. The first-order valence-electron chi connectivity index (χ1n) is 6.22. The number of aromatic nitrogens is 2. The van der Waals surface area contributed by atoms with Gasteiger partial charge in [-0.3, -0.25) is 0 Å². The van der Waals surface area contributed by atoms with Gasteiger partial charge in [0.05, 0.1) is 0 Å². The van der Waals surface area contributed by atoms with E-state index in [1.165, 1.54) is 10.5 Å². The fourth-order valence-corrected chi connectivity index (χ4v) is 4.75. The molecule has 0 aliphatic heterocycles. The Morgan fingerprint density at radius 1 is 1.35 bits per heavy atom. The molecular weight excluding hydrogens is 374 g/mol. The molecule has 0 amide bonds. The molecule has 1 heterocycles. The zero-order chi connectivity index (χ0) is 14.5. The fraction of sp³-hybridized carbons (Fsp3) is 0.385. The lowest BCUT2D eigenvalue weighted by Crippen LogP contribution is -2.17.